The zero-order valence-corrected chi connectivity index (χ0v) is 12.7. The van der Waals surface area contributed by atoms with Crippen LogP contribution in [0.25, 0.3) is 0 Å². The van der Waals surface area contributed by atoms with Crippen molar-refractivity contribution in [2.45, 2.75) is 69.5 Å². The van der Waals surface area contributed by atoms with E-state index in [4.69, 9.17) is 0 Å². The molecular weight excluding hydrogens is 260 g/mol. The average molecular weight is 286 g/mol. The van der Waals surface area contributed by atoms with Crippen molar-refractivity contribution in [1.82, 2.24) is 9.62 Å². The maximum atomic E-state index is 12.4. The summed E-state index contributed by atoms with van der Waals surface area (Å²) in [6.45, 7) is 0. The second-order valence-electron chi connectivity index (χ2n) is 6.68. The minimum absolute atomic E-state index is 0.227. The van der Waals surface area contributed by atoms with Gasteiger partial charge < -0.3 is 5.32 Å². The summed E-state index contributed by atoms with van der Waals surface area (Å²) < 4.78 is 26.5. The minimum atomic E-state index is -3.04. The van der Waals surface area contributed by atoms with Crippen LogP contribution in [0.4, 0.5) is 0 Å². The number of hydrogen-bond acceptors (Lipinski definition) is 3. The molecule has 0 amide bonds. The van der Waals surface area contributed by atoms with Gasteiger partial charge in [0.15, 0.2) is 0 Å². The highest BCUT2D eigenvalue weighted by atomic mass is 32.2. The second-order valence-corrected chi connectivity index (χ2v) is 8.83. The van der Waals surface area contributed by atoms with Crippen LogP contribution in [0.2, 0.25) is 0 Å². The fourth-order valence-electron chi connectivity index (χ4n) is 3.79. The van der Waals surface area contributed by atoms with Crippen molar-refractivity contribution >= 4 is 10.0 Å². The first kappa shape index (κ1) is 13.8. The molecule has 2 saturated heterocycles. The van der Waals surface area contributed by atoms with E-state index in [9.17, 15) is 8.42 Å². The summed E-state index contributed by atoms with van der Waals surface area (Å²) in [5, 5.41) is 3.57. The largest absolute Gasteiger partial charge is 0.311 e. The Labute approximate surface area is 117 Å². The van der Waals surface area contributed by atoms with Crippen LogP contribution in [-0.2, 0) is 10.0 Å². The third-order valence-corrected chi connectivity index (χ3v) is 7.34. The van der Waals surface area contributed by atoms with E-state index in [1.54, 1.807) is 11.4 Å². The molecule has 3 fully saturated rings. The predicted octanol–water partition coefficient (Wildman–Crippen LogP) is 1.72. The number of nitrogens with zero attached hydrogens (tertiary/aromatic N) is 1. The summed E-state index contributed by atoms with van der Waals surface area (Å²) in [5.74, 6) is 1.03. The van der Waals surface area contributed by atoms with Gasteiger partial charge in [-0.15, -0.1) is 0 Å². The Kier molecular flexibility index (Phi) is 3.89. The molecule has 2 aliphatic heterocycles. The van der Waals surface area contributed by atoms with E-state index in [1.165, 1.54) is 32.1 Å². The van der Waals surface area contributed by atoms with Crippen LogP contribution in [-0.4, -0.2) is 43.6 Å². The van der Waals surface area contributed by atoms with Crippen LogP contribution in [0.15, 0.2) is 0 Å². The lowest BCUT2D eigenvalue weighted by atomic mass is 9.84. The third-order valence-electron chi connectivity index (χ3n) is 5.41. The van der Waals surface area contributed by atoms with Crippen molar-refractivity contribution in [2.75, 3.05) is 12.8 Å². The van der Waals surface area contributed by atoms with Crippen molar-refractivity contribution in [3.63, 3.8) is 0 Å². The monoisotopic (exact) mass is 286 g/mol. The van der Waals surface area contributed by atoms with E-state index in [0.717, 1.165) is 19.3 Å². The first-order valence-corrected chi connectivity index (χ1v) is 9.37. The number of piperidine rings is 1. The molecule has 0 aromatic carbocycles. The fourth-order valence-corrected chi connectivity index (χ4v) is 5.34. The van der Waals surface area contributed by atoms with Crippen molar-refractivity contribution < 1.29 is 8.42 Å². The first-order valence-electron chi connectivity index (χ1n) is 7.76. The molecule has 3 aliphatic rings. The van der Waals surface area contributed by atoms with Gasteiger partial charge in [-0.05, 0) is 38.0 Å². The molecule has 0 aromatic rings. The Morgan fingerprint density at radius 1 is 1.11 bits per heavy atom. The van der Waals surface area contributed by atoms with E-state index in [1.807, 2.05) is 0 Å². The van der Waals surface area contributed by atoms with Crippen LogP contribution in [0.5, 0.6) is 0 Å². The Bertz CT molecular complexity index is 407. The molecule has 0 spiro atoms. The van der Waals surface area contributed by atoms with E-state index >= 15 is 0 Å². The molecule has 2 atom stereocenters. The summed E-state index contributed by atoms with van der Waals surface area (Å²) in [6.07, 6.45) is 9.05. The molecule has 3 rings (SSSR count). The van der Waals surface area contributed by atoms with Crippen LogP contribution in [0.3, 0.4) is 0 Å². The first-order chi connectivity index (χ1) is 9.04. The third kappa shape index (κ3) is 2.98. The van der Waals surface area contributed by atoms with Crippen molar-refractivity contribution in [2.24, 2.45) is 5.92 Å². The lowest BCUT2D eigenvalue weighted by Gasteiger charge is -2.35. The molecular formula is C14H26N2O2S. The highest BCUT2D eigenvalue weighted by Gasteiger charge is 2.38. The van der Waals surface area contributed by atoms with Crippen LogP contribution >= 0.6 is 0 Å². The van der Waals surface area contributed by atoms with Gasteiger partial charge >= 0.3 is 0 Å². The zero-order chi connectivity index (χ0) is 13.5. The Hall–Kier alpha value is -0.130. The van der Waals surface area contributed by atoms with Gasteiger partial charge in [-0.25, -0.2) is 12.7 Å². The predicted molar refractivity (Wildman–Crippen MR) is 76.5 cm³/mol. The second kappa shape index (κ2) is 5.34. The molecule has 2 unspecified atom stereocenters. The van der Waals surface area contributed by atoms with Crippen molar-refractivity contribution in [3.8, 4) is 0 Å². The number of rotatable bonds is 5. The highest BCUT2D eigenvalue weighted by molar-refractivity contribution is 7.89. The molecule has 5 heteroatoms. The topological polar surface area (TPSA) is 49.4 Å². The number of nitrogens with one attached hydrogen (secondary N) is 1. The summed E-state index contributed by atoms with van der Waals surface area (Å²) >= 11 is 0. The molecule has 2 heterocycles. The molecule has 19 heavy (non-hydrogen) atoms. The van der Waals surface area contributed by atoms with E-state index in [0.29, 0.717) is 23.8 Å². The van der Waals surface area contributed by atoms with Gasteiger partial charge in [-0.3, -0.25) is 0 Å². The fraction of sp³-hybridized carbons (Fsp3) is 1.00. The van der Waals surface area contributed by atoms with E-state index < -0.39 is 10.0 Å². The van der Waals surface area contributed by atoms with Gasteiger partial charge in [0, 0.05) is 25.2 Å². The standard InChI is InChI=1S/C14H26N2O2S/c1-16(14-9-12-5-6-13(10-14)15-12)19(17,18)8-7-11-3-2-4-11/h11-15H,2-10H2,1H3. The van der Waals surface area contributed by atoms with E-state index in [-0.39, 0.29) is 6.04 Å². The maximum Gasteiger partial charge on any atom is 0.214 e. The van der Waals surface area contributed by atoms with Gasteiger partial charge in [-0.2, -0.15) is 0 Å². The Balaban J connectivity index is 1.56. The van der Waals surface area contributed by atoms with Gasteiger partial charge in [0.25, 0.3) is 0 Å². The smallest absolute Gasteiger partial charge is 0.214 e. The van der Waals surface area contributed by atoms with Crippen LogP contribution < -0.4 is 5.32 Å². The van der Waals surface area contributed by atoms with Gasteiger partial charge in [0.2, 0.25) is 10.0 Å². The number of sulfonamides is 1. The van der Waals surface area contributed by atoms with Crippen molar-refractivity contribution in [3.05, 3.63) is 0 Å². The van der Waals surface area contributed by atoms with Gasteiger partial charge in [0.05, 0.1) is 5.75 Å². The summed E-state index contributed by atoms with van der Waals surface area (Å²) in [7, 11) is -1.25. The van der Waals surface area contributed by atoms with Gasteiger partial charge in [-0.1, -0.05) is 19.3 Å². The summed E-state index contributed by atoms with van der Waals surface area (Å²) in [5.41, 5.74) is 0. The van der Waals surface area contributed by atoms with Crippen LogP contribution in [0.1, 0.15) is 51.4 Å². The van der Waals surface area contributed by atoms with Gasteiger partial charge in [0.1, 0.15) is 0 Å². The Morgan fingerprint density at radius 2 is 1.74 bits per heavy atom. The molecule has 4 nitrogen and oxygen atoms in total. The molecule has 0 radical (unpaired) electrons. The maximum absolute atomic E-state index is 12.4. The SMILES string of the molecule is CN(C1CC2CCC(C1)N2)S(=O)(=O)CCC1CCC1. The number of hydrogen-bond donors (Lipinski definition) is 1. The molecule has 0 aromatic heterocycles. The molecule has 1 saturated carbocycles. The minimum Gasteiger partial charge on any atom is -0.311 e. The Morgan fingerprint density at radius 3 is 2.26 bits per heavy atom. The number of fused-ring (bicyclic) bond motifs is 2. The molecule has 2 bridgehead atoms. The average Bonchev–Trinajstić information content (AvgIpc) is 2.65. The summed E-state index contributed by atoms with van der Waals surface area (Å²) in [4.78, 5) is 0. The molecule has 110 valence electrons. The quantitative estimate of drug-likeness (QED) is 0.837. The zero-order valence-electron chi connectivity index (χ0n) is 11.8. The van der Waals surface area contributed by atoms with Crippen molar-refractivity contribution in [1.29, 1.82) is 0 Å². The molecule has 1 aliphatic carbocycles. The molecule has 1 N–H and O–H groups in total. The van der Waals surface area contributed by atoms with Crippen LogP contribution in [0, 0.1) is 5.92 Å². The lowest BCUT2D eigenvalue weighted by Crippen LogP contribution is -2.49. The lowest BCUT2D eigenvalue weighted by molar-refractivity contribution is 0.249. The normalized spacial score (nSPS) is 35.6. The highest BCUT2D eigenvalue weighted by Crippen LogP contribution is 2.32. The summed E-state index contributed by atoms with van der Waals surface area (Å²) in [6, 6.07) is 1.33. The van der Waals surface area contributed by atoms with E-state index in [2.05, 4.69) is 5.32 Å².